The number of guanidine groups is 1. The minimum atomic E-state index is -0.739. The number of carbonyl (C=O) groups is 1. The summed E-state index contributed by atoms with van der Waals surface area (Å²) in [5.74, 6) is 1.25. The summed E-state index contributed by atoms with van der Waals surface area (Å²) in [6.07, 6.45) is 2.53. The number of nitrogens with two attached hydrogens (primary N) is 1. The van der Waals surface area contributed by atoms with E-state index in [0.29, 0.717) is 35.7 Å². The molecule has 0 bridgehead atoms. The number of carbonyl (C=O) groups excluding carboxylic acids is 1. The molecule has 2 aliphatic rings. The Balaban J connectivity index is 1.55. The van der Waals surface area contributed by atoms with Gasteiger partial charge in [0.1, 0.15) is 21.9 Å². The molecule has 1 unspecified atom stereocenters. The van der Waals surface area contributed by atoms with Gasteiger partial charge in [0.05, 0.1) is 0 Å². The summed E-state index contributed by atoms with van der Waals surface area (Å²) in [5, 5.41) is 19.9. The molecule has 1 saturated heterocycles. The highest BCUT2D eigenvalue weighted by Crippen LogP contribution is 2.39. The van der Waals surface area contributed by atoms with Crippen molar-refractivity contribution in [3.63, 3.8) is 0 Å². The van der Waals surface area contributed by atoms with Gasteiger partial charge in [-0.15, -0.1) is 0 Å². The summed E-state index contributed by atoms with van der Waals surface area (Å²) in [4.78, 5) is 19.5. The molecule has 2 aliphatic heterocycles. The van der Waals surface area contributed by atoms with Crippen molar-refractivity contribution >= 4 is 23.8 Å². The van der Waals surface area contributed by atoms with Gasteiger partial charge in [0.2, 0.25) is 0 Å². The van der Waals surface area contributed by atoms with Crippen molar-refractivity contribution in [2.75, 3.05) is 19.6 Å². The van der Waals surface area contributed by atoms with Gasteiger partial charge >= 0.3 is 0 Å². The number of piperidine rings is 1. The molecule has 0 saturated carbocycles. The Kier molecular flexibility index (Phi) is 6.09. The van der Waals surface area contributed by atoms with Crippen LogP contribution < -0.4 is 5.73 Å². The zero-order valence-corrected chi connectivity index (χ0v) is 17.6. The second kappa shape index (κ2) is 8.21. The van der Waals surface area contributed by atoms with Crippen molar-refractivity contribution in [2.45, 2.75) is 50.5 Å². The number of phenolic OH excluding ortho intramolecular Hbond substituents is 2. The first-order valence-corrected chi connectivity index (χ1v) is 10.6. The molecule has 4 N–H and O–H groups in total. The van der Waals surface area contributed by atoms with E-state index in [1.165, 1.54) is 11.9 Å². The van der Waals surface area contributed by atoms with Crippen LogP contribution in [0.3, 0.4) is 0 Å². The van der Waals surface area contributed by atoms with Crippen LogP contribution in [0.4, 0.5) is 0 Å². The van der Waals surface area contributed by atoms with Crippen molar-refractivity contribution < 1.29 is 15.0 Å². The summed E-state index contributed by atoms with van der Waals surface area (Å²) in [6, 6.07) is 4.77. The highest BCUT2D eigenvalue weighted by Gasteiger charge is 2.44. The quantitative estimate of drug-likeness (QED) is 0.628. The molecule has 0 aromatic heterocycles. The SMILES string of the molecule is CC(C)CC1(C)N=C(N)N(CC2CCN(Sc3c(O)cccc3O)CC2)C1=O. The normalized spacial score (nSPS) is 24.2. The summed E-state index contributed by atoms with van der Waals surface area (Å²) >= 11 is 1.37. The topological polar surface area (TPSA) is 102 Å². The Hall–Kier alpha value is -1.93. The van der Waals surface area contributed by atoms with Crippen LogP contribution >= 0.6 is 11.9 Å². The highest BCUT2D eigenvalue weighted by atomic mass is 32.2. The summed E-state index contributed by atoms with van der Waals surface area (Å²) in [7, 11) is 0. The van der Waals surface area contributed by atoms with E-state index in [1.807, 2.05) is 6.92 Å². The Morgan fingerprint density at radius 2 is 1.89 bits per heavy atom. The zero-order valence-electron chi connectivity index (χ0n) is 16.8. The van der Waals surface area contributed by atoms with Crippen LogP contribution in [-0.4, -0.2) is 56.5 Å². The molecule has 1 amide bonds. The number of rotatable bonds is 6. The largest absolute Gasteiger partial charge is 0.507 e. The molecule has 2 heterocycles. The molecule has 3 rings (SSSR count). The Morgan fingerprint density at radius 1 is 1.29 bits per heavy atom. The number of amides is 1. The first-order chi connectivity index (χ1) is 13.2. The predicted molar refractivity (Wildman–Crippen MR) is 111 cm³/mol. The molecule has 0 radical (unpaired) electrons. The molecule has 0 spiro atoms. The van der Waals surface area contributed by atoms with E-state index < -0.39 is 5.54 Å². The van der Waals surface area contributed by atoms with Gasteiger partial charge in [-0.05, 0) is 62.1 Å². The van der Waals surface area contributed by atoms with Crippen LogP contribution in [0.2, 0.25) is 0 Å². The highest BCUT2D eigenvalue weighted by molar-refractivity contribution is 7.97. The van der Waals surface area contributed by atoms with Crippen LogP contribution in [0.1, 0.15) is 40.0 Å². The van der Waals surface area contributed by atoms with E-state index >= 15 is 0 Å². The molecule has 7 nitrogen and oxygen atoms in total. The molecular formula is C20H30N4O3S. The van der Waals surface area contributed by atoms with Gasteiger partial charge in [0.15, 0.2) is 5.96 Å². The van der Waals surface area contributed by atoms with Gasteiger partial charge < -0.3 is 15.9 Å². The minimum absolute atomic E-state index is 0.00892. The number of phenols is 2. The lowest BCUT2D eigenvalue weighted by Crippen LogP contribution is -2.46. The van der Waals surface area contributed by atoms with Crippen LogP contribution in [0.15, 0.2) is 28.1 Å². The molecule has 0 aliphatic carbocycles. The molecule has 154 valence electrons. The Labute approximate surface area is 170 Å². The summed E-state index contributed by atoms with van der Waals surface area (Å²) in [6.45, 7) is 8.27. The van der Waals surface area contributed by atoms with Crippen molar-refractivity contribution in [3.8, 4) is 11.5 Å². The monoisotopic (exact) mass is 406 g/mol. The van der Waals surface area contributed by atoms with E-state index in [1.54, 1.807) is 23.1 Å². The third-order valence-corrected chi connectivity index (χ3v) is 6.58. The van der Waals surface area contributed by atoms with Crippen LogP contribution in [-0.2, 0) is 4.79 Å². The average Bonchev–Trinajstić information content (AvgIpc) is 2.82. The second-order valence-electron chi connectivity index (χ2n) is 8.35. The summed E-state index contributed by atoms with van der Waals surface area (Å²) < 4.78 is 2.14. The predicted octanol–water partition coefficient (Wildman–Crippen LogP) is 2.78. The van der Waals surface area contributed by atoms with Gasteiger partial charge in [0, 0.05) is 19.6 Å². The van der Waals surface area contributed by atoms with Crippen molar-refractivity contribution in [3.05, 3.63) is 18.2 Å². The smallest absolute Gasteiger partial charge is 0.257 e. The van der Waals surface area contributed by atoms with E-state index in [2.05, 4.69) is 23.1 Å². The molecule has 1 atom stereocenters. The van der Waals surface area contributed by atoms with Crippen LogP contribution in [0.25, 0.3) is 0 Å². The van der Waals surface area contributed by atoms with Crippen molar-refractivity contribution in [1.82, 2.24) is 9.21 Å². The Bertz CT molecular complexity index is 742. The van der Waals surface area contributed by atoms with Gasteiger partial charge in [-0.25, -0.2) is 9.30 Å². The number of nitrogens with zero attached hydrogens (tertiary/aromatic N) is 3. The van der Waals surface area contributed by atoms with E-state index in [-0.39, 0.29) is 17.4 Å². The fourth-order valence-corrected chi connectivity index (χ4v) is 5.01. The third kappa shape index (κ3) is 4.38. The molecule has 28 heavy (non-hydrogen) atoms. The van der Waals surface area contributed by atoms with E-state index in [9.17, 15) is 15.0 Å². The van der Waals surface area contributed by atoms with Gasteiger partial charge in [-0.3, -0.25) is 9.69 Å². The fourth-order valence-electron chi connectivity index (χ4n) is 4.04. The zero-order chi connectivity index (χ0) is 20.5. The lowest BCUT2D eigenvalue weighted by atomic mass is 9.90. The maximum atomic E-state index is 12.9. The lowest BCUT2D eigenvalue weighted by Gasteiger charge is -2.33. The van der Waals surface area contributed by atoms with Crippen molar-refractivity contribution in [2.24, 2.45) is 22.6 Å². The number of aromatic hydroxyl groups is 2. The summed E-state index contributed by atoms with van der Waals surface area (Å²) in [5.41, 5.74) is 5.35. The van der Waals surface area contributed by atoms with Crippen LogP contribution in [0.5, 0.6) is 11.5 Å². The average molecular weight is 407 g/mol. The van der Waals surface area contributed by atoms with E-state index in [4.69, 9.17) is 5.73 Å². The number of aliphatic imine (C=N–C) groups is 1. The first-order valence-electron chi connectivity index (χ1n) is 9.81. The standard InChI is InChI=1S/C20H30N4O3S/c1-13(2)11-20(3)18(27)24(19(21)22-20)12-14-7-9-23(10-8-14)28-17-15(25)5-4-6-16(17)26/h4-6,13-14,25-26H,7-12H2,1-3H3,(H2,21,22). The molecule has 1 fully saturated rings. The van der Waals surface area contributed by atoms with Gasteiger partial charge in [-0.2, -0.15) is 0 Å². The molecule has 1 aromatic carbocycles. The van der Waals surface area contributed by atoms with Gasteiger partial charge in [0.25, 0.3) is 5.91 Å². The fraction of sp³-hybridized carbons (Fsp3) is 0.600. The minimum Gasteiger partial charge on any atom is -0.507 e. The van der Waals surface area contributed by atoms with Crippen molar-refractivity contribution in [1.29, 1.82) is 0 Å². The second-order valence-corrected chi connectivity index (χ2v) is 9.45. The lowest BCUT2D eigenvalue weighted by molar-refractivity contribution is -0.131. The molecule has 8 heteroatoms. The molecule has 1 aromatic rings. The first kappa shape index (κ1) is 20.8. The third-order valence-electron chi connectivity index (χ3n) is 5.36. The molecular weight excluding hydrogens is 376 g/mol. The number of hydrogen-bond acceptors (Lipinski definition) is 7. The van der Waals surface area contributed by atoms with E-state index in [0.717, 1.165) is 25.9 Å². The van der Waals surface area contributed by atoms with Crippen LogP contribution in [0, 0.1) is 11.8 Å². The Morgan fingerprint density at radius 3 is 2.46 bits per heavy atom. The van der Waals surface area contributed by atoms with Gasteiger partial charge in [-0.1, -0.05) is 19.9 Å². The number of hydrogen-bond donors (Lipinski definition) is 3. The number of benzene rings is 1. The maximum Gasteiger partial charge on any atom is 0.257 e. The maximum absolute atomic E-state index is 12.9.